The molecule has 152 valence electrons. The first-order valence-electron chi connectivity index (χ1n) is 9.71. The molecule has 4 rings (SSSR count). The second-order valence-electron chi connectivity index (χ2n) is 7.37. The highest BCUT2D eigenvalue weighted by molar-refractivity contribution is 7.17. The van der Waals surface area contributed by atoms with Gasteiger partial charge in [0.25, 0.3) is 5.91 Å². The van der Waals surface area contributed by atoms with Gasteiger partial charge >= 0.3 is 6.03 Å². The average Bonchev–Trinajstić information content (AvgIpc) is 3.31. The molecule has 8 heteroatoms. The number of piperidine rings is 1. The van der Waals surface area contributed by atoms with Crippen LogP contribution >= 0.6 is 11.3 Å². The number of methoxy groups -OCH3 is 1. The van der Waals surface area contributed by atoms with Gasteiger partial charge in [0.15, 0.2) is 0 Å². The van der Waals surface area contributed by atoms with Crippen molar-refractivity contribution in [2.45, 2.75) is 31.7 Å². The van der Waals surface area contributed by atoms with Gasteiger partial charge < -0.3 is 15.0 Å². The van der Waals surface area contributed by atoms with E-state index in [1.54, 1.807) is 55.9 Å². The first-order chi connectivity index (χ1) is 14.0. The van der Waals surface area contributed by atoms with E-state index in [2.05, 4.69) is 21.4 Å². The van der Waals surface area contributed by atoms with Gasteiger partial charge in [0, 0.05) is 18.0 Å². The normalized spacial score (nSPS) is 22.4. The lowest BCUT2D eigenvalue weighted by molar-refractivity contribution is -0.131. The number of thiophene rings is 1. The first-order valence-corrected chi connectivity index (χ1v) is 10.5. The van der Waals surface area contributed by atoms with E-state index in [1.807, 2.05) is 6.07 Å². The second-order valence-corrected chi connectivity index (χ2v) is 8.46. The molecule has 1 atom stereocenters. The van der Waals surface area contributed by atoms with Crippen molar-refractivity contribution in [3.63, 3.8) is 0 Å². The molecule has 7 nitrogen and oxygen atoms in total. The lowest BCUT2D eigenvalue weighted by atomic mass is 9.92. The van der Waals surface area contributed by atoms with E-state index in [0.29, 0.717) is 11.3 Å². The highest BCUT2D eigenvalue weighted by Gasteiger charge is 2.49. The van der Waals surface area contributed by atoms with E-state index in [4.69, 9.17) is 4.74 Å². The van der Waals surface area contributed by atoms with Crippen LogP contribution in [0.1, 0.15) is 36.6 Å². The quantitative estimate of drug-likeness (QED) is 0.602. The summed E-state index contributed by atoms with van der Waals surface area (Å²) in [7, 11) is 1.58. The molecule has 0 bridgehead atoms. The number of nitrogens with one attached hydrogen (secondary N) is 1. The predicted octanol–water partition coefficient (Wildman–Crippen LogP) is 3.55. The van der Waals surface area contributed by atoms with Crippen LogP contribution < -0.4 is 15.0 Å². The third kappa shape index (κ3) is 3.72. The number of urea groups is 1. The average molecular weight is 413 g/mol. The summed E-state index contributed by atoms with van der Waals surface area (Å²) in [4.78, 5) is 28.7. The van der Waals surface area contributed by atoms with Gasteiger partial charge in [-0.15, -0.1) is 16.3 Å². The molecule has 2 aromatic rings. The number of hydrazone groups is 1. The molecule has 1 aromatic carbocycles. The number of carbonyl (C=O) groups excluding carboxylic acids is 2. The third-order valence-corrected chi connectivity index (χ3v) is 6.50. The van der Waals surface area contributed by atoms with E-state index >= 15 is 0 Å². The standard InChI is InChI=1S/C21H24N4O3S/c1-21(15-6-8-16(28-2)9-7-15)19(26)25(20(27)23-21)22-14-17-10-11-18(29-17)24-12-4-3-5-13-24/h6-11,14H,3-5,12-13H2,1-2H3,(H,23,27)/b22-14-/t21-/m0/s1. The topological polar surface area (TPSA) is 74.2 Å². The highest BCUT2D eigenvalue weighted by Crippen LogP contribution is 2.31. The van der Waals surface area contributed by atoms with Gasteiger partial charge in [-0.1, -0.05) is 12.1 Å². The zero-order valence-corrected chi connectivity index (χ0v) is 17.4. The Kier molecular flexibility index (Phi) is 5.27. The van der Waals surface area contributed by atoms with Gasteiger partial charge in [0.05, 0.1) is 18.3 Å². The van der Waals surface area contributed by atoms with Crippen LogP contribution in [0.25, 0.3) is 0 Å². The molecule has 0 spiro atoms. The smallest absolute Gasteiger partial charge is 0.346 e. The molecule has 1 aromatic heterocycles. The van der Waals surface area contributed by atoms with Crippen LogP contribution in [-0.4, -0.2) is 43.4 Å². The summed E-state index contributed by atoms with van der Waals surface area (Å²) in [5.41, 5.74) is -0.479. The summed E-state index contributed by atoms with van der Waals surface area (Å²) in [6.07, 6.45) is 5.30. The van der Waals surface area contributed by atoms with E-state index < -0.39 is 17.5 Å². The Hall–Kier alpha value is -2.87. The molecular formula is C21H24N4O3S. The van der Waals surface area contributed by atoms with Crippen LogP contribution in [0.4, 0.5) is 9.80 Å². The number of ether oxygens (including phenoxy) is 1. The molecule has 2 aliphatic rings. The zero-order chi connectivity index (χ0) is 20.4. The molecule has 0 saturated carbocycles. The molecule has 3 amide bonds. The zero-order valence-electron chi connectivity index (χ0n) is 16.6. The molecule has 0 unspecified atom stereocenters. The molecular weight excluding hydrogens is 388 g/mol. The van der Waals surface area contributed by atoms with E-state index in [-0.39, 0.29) is 0 Å². The summed E-state index contributed by atoms with van der Waals surface area (Å²) in [5.74, 6) is 0.280. The summed E-state index contributed by atoms with van der Waals surface area (Å²) in [6, 6.07) is 10.6. The monoisotopic (exact) mass is 412 g/mol. The lowest BCUT2D eigenvalue weighted by Crippen LogP contribution is -2.40. The Morgan fingerprint density at radius 2 is 1.83 bits per heavy atom. The van der Waals surface area contributed by atoms with E-state index in [1.165, 1.54) is 24.3 Å². The fourth-order valence-corrected chi connectivity index (χ4v) is 4.58. The number of benzene rings is 1. The van der Waals surface area contributed by atoms with Crippen molar-refractivity contribution in [1.29, 1.82) is 0 Å². The first kappa shape index (κ1) is 19.4. The number of hydrogen-bond donors (Lipinski definition) is 1. The second kappa shape index (κ2) is 7.87. The van der Waals surface area contributed by atoms with Crippen molar-refractivity contribution in [3.05, 3.63) is 46.8 Å². The van der Waals surface area contributed by atoms with Crippen molar-refractivity contribution >= 4 is 34.5 Å². The van der Waals surface area contributed by atoms with Crippen molar-refractivity contribution < 1.29 is 14.3 Å². The van der Waals surface area contributed by atoms with Crippen LogP contribution in [0.5, 0.6) is 5.75 Å². The summed E-state index contributed by atoms with van der Waals surface area (Å²) in [5, 5.41) is 9.05. The van der Waals surface area contributed by atoms with E-state index in [9.17, 15) is 9.59 Å². The number of hydrogen-bond acceptors (Lipinski definition) is 6. The Labute approximate surface area is 174 Å². The Morgan fingerprint density at radius 3 is 2.52 bits per heavy atom. The Morgan fingerprint density at radius 1 is 1.10 bits per heavy atom. The minimum Gasteiger partial charge on any atom is -0.497 e. The molecule has 29 heavy (non-hydrogen) atoms. The Bertz CT molecular complexity index is 934. The number of nitrogens with zero attached hydrogens (tertiary/aromatic N) is 3. The van der Waals surface area contributed by atoms with Crippen LogP contribution in [0, 0.1) is 0 Å². The molecule has 3 heterocycles. The molecule has 2 fully saturated rings. The maximum absolute atomic E-state index is 13.0. The highest BCUT2D eigenvalue weighted by atomic mass is 32.1. The molecule has 2 saturated heterocycles. The van der Waals surface area contributed by atoms with Crippen LogP contribution in [0.3, 0.4) is 0 Å². The number of imide groups is 1. The number of rotatable bonds is 5. The van der Waals surface area contributed by atoms with Gasteiger partial charge in [-0.3, -0.25) is 4.79 Å². The largest absolute Gasteiger partial charge is 0.497 e. The maximum Gasteiger partial charge on any atom is 0.346 e. The molecule has 2 aliphatic heterocycles. The van der Waals surface area contributed by atoms with Gasteiger partial charge in [-0.2, -0.15) is 5.10 Å². The summed E-state index contributed by atoms with van der Waals surface area (Å²) >= 11 is 1.62. The number of carbonyl (C=O) groups is 2. The van der Waals surface area contributed by atoms with Crippen LogP contribution in [0.15, 0.2) is 41.5 Å². The lowest BCUT2D eigenvalue weighted by Gasteiger charge is -2.27. The summed E-state index contributed by atoms with van der Waals surface area (Å²) < 4.78 is 5.16. The van der Waals surface area contributed by atoms with Crippen molar-refractivity contribution in [2.75, 3.05) is 25.1 Å². The van der Waals surface area contributed by atoms with Gasteiger partial charge in [0.2, 0.25) is 0 Å². The van der Waals surface area contributed by atoms with E-state index in [0.717, 1.165) is 23.0 Å². The Balaban J connectivity index is 1.49. The minimum absolute atomic E-state index is 0.406. The summed E-state index contributed by atoms with van der Waals surface area (Å²) in [6.45, 7) is 3.83. The predicted molar refractivity (Wildman–Crippen MR) is 114 cm³/mol. The maximum atomic E-state index is 13.0. The number of anilines is 1. The number of amides is 3. The van der Waals surface area contributed by atoms with Crippen molar-refractivity contribution in [3.8, 4) is 5.75 Å². The molecule has 1 N–H and O–H groups in total. The van der Waals surface area contributed by atoms with Gasteiger partial charge in [-0.25, -0.2) is 4.79 Å². The molecule has 0 aliphatic carbocycles. The minimum atomic E-state index is -1.16. The van der Waals surface area contributed by atoms with Crippen LogP contribution in [0.2, 0.25) is 0 Å². The fourth-order valence-electron chi connectivity index (χ4n) is 3.66. The molecule has 0 radical (unpaired) electrons. The SMILES string of the molecule is COc1ccc([C@]2(C)NC(=O)N(/N=C\c3ccc(N4CCCCC4)s3)C2=O)cc1. The fraction of sp³-hybridized carbons (Fsp3) is 0.381. The van der Waals surface area contributed by atoms with Crippen molar-refractivity contribution in [2.24, 2.45) is 5.10 Å². The van der Waals surface area contributed by atoms with Gasteiger partial charge in [0.1, 0.15) is 11.3 Å². The van der Waals surface area contributed by atoms with Gasteiger partial charge in [-0.05, 0) is 56.0 Å². The van der Waals surface area contributed by atoms with Crippen molar-refractivity contribution in [1.82, 2.24) is 10.3 Å². The van der Waals surface area contributed by atoms with Crippen LogP contribution in [-0.2, 0) is 10.3 Å². The third-order valence-electron chi connectivity index (χ3n) is 5.42.